The van der Waals surface area contributed by atoms with E-state index in [1.54, 1.807) is 23.9 Å². The molecule has 1 fully saturated rings. The summed E-state index contributed by atoms with van der Waals surface area (Å²) in [6.45, 7) is 4.78. The van der Waals surface area contributed by atoms with Crippen molar-refractivity contribution in [1.82, 2.24) is 18.6 Å². The van der Waals surface area contributed by atoms with E-state index in [4.69, 9.17) is 11.6 Å². The van der Waals surface area contributed by atoms with Gasteiger partial charge in [0.1, 0.15) is 12.2 Å². The van der Waals surface area contributed by atoms with Crippen LogP contribution in [-0.4, -0.2) is 50.7 Å². The van der Waals surface area contributed by atoms with Crippen LogP contribution < -0.4 is 16.1 Å². The first-order chi connectivity index (χ1) is 14.3. The third kappa shape index (κ3) is 3.41. The Morgan fingerprint density at radius 2 is 1.73 bits per heavy atom. The number of piperazine rings is 1. The first kappa shape index (κ1) is 20.3. The van der Waals surface area contributed by atoms with E-state index in [2.05, 4.69) is 11.8 Å². The number of halogens is 1. The van der Waals surface area contributed by atoms with Gasteiger partial charge in [-0.2, -0.15) is 0 Å². The van der Waals surface area contributed by atoms with Gasteiger partial charge < -0.3 is 14.4 Å². The predicted octanol–water partition coefficient (Wildman–Crippen LogP) is 1.35. The Morgan fingerprint density at radius 3 is 2.43 bits per heavy atom. The molecule has 1 aliphatic heterocycles. The van der Waals surface area contributed by atoms with Crippen LogP contribution in [0.1, 0.15) is 5.56 Å². The number of carbonyl (C=O) groups is 1. The zero-order valence-corrected chi connectivity index (χ0v) is 18.0. The van der Waals surface area contributed by atoms with Crippen LogP contribution >= 0.6 is 11.6 Å². The largest absolute Gasteiger partial charge is 0.368 e. The molecule has 0 bridgehead atoms. The molecular weight excluding hydrogens is 406 g/mol. The number of hydrogen-bond donors (Lipinski definition) is 0. The fourth-order valence-electron chi connectivity index (χ4n) is 4.08. The number of amides is 1. The van der Waals surface area contributed by atoms with Crippen molar-refractivity contribution in [2.45, 2.75) is 13.5 Å². The highest BCUT2D eigenvalue weighted by Gasteiger charge is 2.23. The number of fused-ring (bicyclic) bond motifs is 1. The number of aromatic nitrogens is 3. The Balaban J connectivity index is 1.50. The molecule has 0 saturated carbocycles. The molecule has 8 nitrogen and oxygen atoms in total. The molecule has 9 heteroatoms. The summed E-state index contributed by atoms with van der Waals surface area (Å²) in [6.07, 6.45) is 1.69. The van der Waals surface area contributed by atoms with Gasteiger partial charge in [0.05, 0.1) is 5.39 Å². The zero-order chi connectivity index (χ0) is 21.6. The molecule has 0 radical (unpaired) electrons. The van der Waals surface area contributed by atoms with E-state index >= 15 is 0 Å². The van der Waals surface area contributed by atoms with Crippen molar-refractivity contribution in [2.24, 2.45) is 14.1 Å². The number of rotatable bonds is 3. The van der Waals surface area contributed by atoms with Gasteiger partial charge in [-0.25, -0.2) is 4.79 Å². The van der Waals surface area contributed by atoms with Crippen LogP contribution in [-0.2, 0) is 25.4 Å². The van der Waals surface area contributed by atoms with Gasteiger partial charge in [-0.15, -0.1) is 0 Å². The van der Waals surface area contributed by atoms with Crippen molar-refractivity contribution in [3.05, 3.63) is 61.9 Å². The Labute approximate surface area is 178 Å². The van der Waals surface area contributed by atoms with Gasteiger partial charge in [0, 0.05) is 57.2 Å². The van der Waals surface area contributed by atoms with Gasteiger partial charge in [0.25, 0.3) is 5.56 Å². The van der Waals surface area contributed by atoms with E-state index < -0.39 is 5.69 Å². The maximum atomic E-state index is 12.9. The van der Waals surface area contributed by atoms with Crippen LogP contribution in [0.3, 0.4) is 0 Å². The molecule has 2 aromatic heterocycles. The maximum Gasteiger partial charge on any atom is 0.332 e. The average molecular weight is 430 g/mol. The fourth-order valence-corrected chi connectivity index (χ4v) is 4.25. The molecule has 30 heavy (non-hydrogen) atoms. The van der Waals surface area contributed by atoms with E-state index in [1.807, 2.05) is 23.1 Å². The van der Waals surface area contributed by atoms with E-state index in [1.165, 1.54) is 11.6 Å². The lowest BCUT2D eigenvalue weighted by atomic mass is 10.1. The zero-order valence-electron chi connectivity index (χ0n) is 17.3. The molecule has 1 saturated heterocycles. The molecule has 1 aromatic carbocycles. The third-order valence-corrected chi connectivity index (χ3v) is 6.05. The van der Waals surface area contributed by atoms with Crippen molar-refractivity contribution < 1.29 is 4.79 Å². The normalized spacial score (nSPS) is 14.5. The molecule has 3 aromatic rings. The van der Waals surface area contributed by atoms with Crippen molar-refractivity contribution in [3.8, 4) is 0 Å². The summed E-state index contributed by atoms with van der Waals surface area (Å²) >= 11 is 6.15. The summed E-state index contributed by atoms with van der Waals surface area (Å²) < 4.78 is 4.16. The molecule has 1 aliphatic rings. The van der Waals surface area contributed by atoms with Crippen LogP contribution in [0.15, 0.2) is 40.1 Å². The number of anilines is 1. The van der Waals surface area contributed by atoms with Crippen LogP contribution in [0, 0.1) is 6.92 Å². The maximum absolute atomic E-state index is 12.9. The number of benzene rings is 1. The Morgan fingerprint density at radius 1 is 1.03 bits per heavy atom. The highest BCUT2D eigenvalue weighted by atomic mass is 35.5. The molecule has 0 atom stereocenters. The number of aryl methyl sites for hydroxylation is 2. The van der Waals surface area contributed by atoms with Crippen LogP contribution in [0.4, 0.5) is 5.69 Å². The van der Waals surface area contributed by atoms with E-state index in [9.17, 15) is 14.4 Å². The van der Waals surface area contributed by atoms with Gasteiger partial charge >= 0.3 is 5.69 Å². The Kier molecular flexibility index (Phi) is 5.19. The van der Waals surface area contributed by atoms with Crippen LogP contribution in [0.2, 0.25) is 5.02 Å². The minimum absolute atomic E-state index is 0.0388. The minimum atomic E-state index is -0.412. The molecular formula is C21H24ClN5O3. The lowest BCUT2D eigenvalue weighted by Crippen LogP contribution is -2.49. The average Bonchev–Trinajstić information content (AvgIpc) is 3.16. The van der Waals surface area contributed by atoms with Crippen LogP contribution in [0.5, 0.6) is 0 Å². The number of nitrogens with zero attached hydrogens (tertiary/aromatic N) is 5. The van der Waals surface area contributed by atoms with E-state index in [-0.39, 0.29) is 18.0 Å². The van der Waals surface area contributed by atoms with Crippen molar-refractivity contribution in [1.29, 1.82) is 0 Å². The van der Waals surface area contributed by atoms with Crippen molar-refractivity contribution in [3.63, 3.8) is 0 Å². The molecule has 1 amide bonds. The Hall–Kier alpha value is -3.00. The summed E-state index contributed by atoms with van der Waals surface area (Å²) in [4.78, 5) is 41.6. The summed E-state index contributed by atoms with van der Waals surface area (Å²) in [6, 6.07) is 7.49. The number of hydrogen-bond acceptors (Lipinski definition) is 4. The molecule has 3 heterocycles. The fraction of sp³-hybridized carbons (Fsp3) is 0.381. The highest BCUT2D eigenvalue weighted by Crippen LogP contribution is 2.25. The van der Waals surface area contributed by atoms with Gasteiger partial charge in [-0.3, -0.25) is 18.7 Å². The molecule has 0 aliphatic carbocycles. The summed E-state index contributed by atoms with van der Waals surface area (Å²) in [5.41, 5.74) is 1.94. The molecule has 158 valence electrons. The minimum Gasteiger partial charge on any atom is -0.368 e. The smallest absolute Gasteiger partial charge is 0.332 e. The molecule has 4 rings (SSSR count). The number of carbonyl (C=O) groups excluding carboxylic acids is 1. The standard InChI is InChI=1S/C21H24ClN5O3/c1-14-4-5-15(22)12-17(14)25-8-10-26(11-9-25)18(28)13-27-7-6-16-19(27)23(2)21(30)24(3)20(16)29/h4-7,12H,8-11,13H2,1-3H3. The lowest BCUT2D eigenvalue weighted by Gasteiger charge is -2.37. The Bertz CT molecular complexity index is 1250. The van der Waals surface area contributed by atoms with E-state index in [0.717, 1.165) is 28.9 Å². The second kappa shape index (κ2) is 7.68. The van der Waals surface area contributed by atoms with Gasteiger partial charge in [0.2, 0.25) is 5.91 Å². The first-order valence-electron chi connectivity index (χ1n) is 9.81. The van der Waals surface area contributed by atoms with Crippen molar-refractivity contribution >= 4 is 34.2 Å². The second-order valence-electron chi connectivity index (χ2n) is 7.69. The lowest BCUT2D eigenvalue weighted by molar-refractivity contribution is -0.132. The quantitative estimate of drug-likeness (QED) is 0.630. The third-order valence-electron chi connectivity index (χ3n) is 5.81. The van der Waals surface area contributed by atoms with E-state index in [0.29, 0.717) is 29.1 Å². The van der Waals surface area contributed by atoms with Crippen molar-refractivity contribution in [2.75, 3.05) is 31.1 Å². The summed E-state index contributed by atoms with van der Waals surface area (Å²) in [7, 11) is 3.06. The summed E-state index contributed by atoms with van der Waals surface area (Å²) in [5, 5.41) is 1.12. The first-order valence-corrected chi connectivity index (χ1v) is 10.2. The van der Waals surface area contributed by atoms with Crippen LogP contribution in [0.25, 0.3) is 11.0 Å². The van der Waals surface area contributed by atoms with Gasteiger partial charge in [-0.05, 0) is 30.7 Å². The molecule has 0 spiro atoms. The highest BCUT2D eigenvalue weighted by molar-refractivity contribution is 6.30. The second-order valence-corrected chi connectivity index (χ2v) is 8.12. The van der Waals surface area contributed by atoms with Gasteiger partial charge in [0.15, 0.2) is 0 Å². The molecule has 0 N–H and O–H groups in total. The monoisotopic (exact) mass is 429 g/mol. The topological polar surface area (TPSA) is 72.5 Å². The summed E-state index contributed by atoms with van der Waals surface area (Å²) in [5.74, 6) is -0.0388. The SMILES string of the molecule is Cc1ccc(Cl)cc1N1CCN(C(=O)Cn2ccc3c(=O)n(C)c(=O)n(C)c32)CC1. The van der Waals surface area contributed by atoms with Gasteiger partial charge in [-0.1, -0.05) is 17.7 Å². The predicted molar refractivity (Wildman–Crippen MR) is 117 cm³/mol. The molecule has 0 unspecified atom stereocenters.